The summed E-state index contributed by atoms with van der Waals surface area (Å²) in [6.45, 7) is 0.753. The maximum atomic E-state index is 13.7. The summed E-state index contributed by atoms with van der Waals surface area (Å²) in [7, 11) is 0. The lowest BCUT2D eigenvalue weighted by atomic mass is 10.1. The summed E-state index contributed by atoms with van der Waals surface area (Å²) in [4.78, 5) is 16.3. The Bertz CT molecular complexity index is 826. The lowest BCUT2D eigenvalue weighted by Gasteiger charge is -2.10. The Kier molecular flexibility index (Phi) is 4.56. The Hall–Kier alpha value is -3.15. The number of nitrogens with zero attached hydrogens (tertiary/aromatic N) is 2. The number of nitrogens with one attached hydrogen (secondary N) is 1. The topological polar surface area (TPSA) is 67.2 Å². The number of hydrogen-bond acceptors (Lipinski definition) is 3. The molecule has 1 heterocycles. The van der Waals surface area contributed by atoms with E-state index in [9.17, 15) is 14.3 Å². The summed E-state index contributed by atoms with van der Waals surface area (Å²) >= 11 is 0. The molecule has 0 atom stereocenters. The number of phenolic OH excluding ortho intramolecular Hbond substituents is 1. The molecule has 0 spiro atoms. The fourth-order valence-corrected chi connectivity index (χ4v) is 2.42. The first-order valence-corrected chi connectivity index (χ1v) is 7.45. The third-order valence-corrected chi connectivity index (χ3v) is 3.62. The van der Waals surface area contributed by atoms with E-state index >= 15 is 0 Å². The van der Waals surface area contributed by atoms with Crippen molar-refractivity contribution in [3.05, 3.63) is 83.7 Å². The van der Waals surface area contributed by atoms with Crippen LogP contribution in [0.4, 0.5) is 4.39 Å². The summed E-state index contributed by atoms with van der Waals surface area (Å²) in [5, 5.41) is 12.2. The first-order chi connectivity index (χ1) is 11.6. The first-order valence-electron chi connectivity index (χ1n) is 7.45. The number of aromatic nitrogens is 2. The van der Waals surface area contributed by atoms with E-state index in [4.69, 9.17) is 0 Å². The van der Waals surface area contributed by atoms with Crippen molar-refractivity contribution in [3.63, 3.8) is 0 Å². The van der Waals surface area contributed by atoms with E-state index in [1.54, 1.807) is 6.20 Å². The minimum atomic E-state index is -0.764. The van der Waals surface area contributed by atoms with Crippen LogP contribution in [0.15, 0.2) is 60.9 Å². The Morgan fingerprint density at radius 3 is 2.71 bits per heavy atom. The van der Waals surface area contributed by atoms with Crippen LogP contribution in [-0.2, 0) is 13.1 Å². The van der Waals surface area contributed by atoms with Gasteiger partial charge < -0.3 is 15.0 Å². The van der Waals surface area contributed by atoms with Crippen LogP contribution in [0, 0.1) is 5.82 Å². The Balaban J connectivity index is 1.70. The van der Waals surface area contributed by atoms with Crippen molar-refractivity contribution in [1.29, 1.82) is 0 Å². The zero-order chi connectivity index (χ0) is 16.9. The second-order valence-corrected chi connectivity index (χ2v) is 5.27. The summed E-state index contributed by atoms with van der Waals surface area (Å²) in [6.07, 6.45) is 3.46. The van der Waals surface area contributed by atoms with Crippen molar-refractivity contribution in [2.75, 3.05) is 0 Å². The maximum Gasteiger partial charge on any atom is 0.258 e. The molecule has 5 nitrogen and oxygen atoms in total. The summed E-state index contributed by atoms with van der Waals surface area (Å²) in [5.74, 6) is -1.19. The highest BCUT2D eigenvalue weighted by atomic mass is 19.1. The van der Waals surface area contributed by atoms with Crippen LogP contribution in [0.2, 0.25) is 0 Å². The van der Waals surface area contributed by atoms with Crippen LogP contribution in [-0.4, -0.2) is 20.6 Å². The van der Waals surface area contributed by atoms with Gasteiger partial charge in [0.1, 0.15) is 23.0 Å². The molecule has 0 radical (unpaired) electrons. The maximum absolute atomic E-state index is 13.7. The zero-order valence-electron chi connectivity index (χ0n) is 12.8. The minimum Gasteiger partial charge on any atom is -0.507 e. The van der Waals surface area contributed by atoms with E-state index in [0.29, 0.717) is 12.4 Å². The summed E-state index contributed by atoms with van der Waals surface area (Å²) in [5.41, 5.74) is 0.744. The molecule has 2 aromatic carbocycles. The molecule has 0 saturated heterocycles. The molecule has 0 unspecified atom stereocenters. The molecule has 0 bridgehead atoms. The zero-order valence-corrected chi connectivity index (χ0v) is 12.8. The first kappa shape index (κ1) is 15.7. The number of phenols is 1. The van der Waals surface area contributed by atoms with E-state index in [1.165, 1.54) is 12.1 Å². The molecule has 0 saturated carbocycles. The quantitative estimate of drug-likeness (QED) is 0.758. The molecular formula is C18H16FN3O2. The number of hydrogen-bond donors (Lipinski definition) is 2. The van der Waals surface area contributed by atoms with E-state index in [0.717, 1.165) is 11.6 Å². The average molecular weight is 325 g/mol. The predicted octanol–water partition coefficient (Wildman–Crippen LogP) is 2.71. The molecule has 3 rings (SSSR count). The van der Waals surface area contributed by atoms with Gasteiger partial charge in [-0.15, -0.1) is 0 Å². The molecule has 122 valence electrons. The number of carbonyl (C=O) groups is 1. The van der Waals surface area contributed by atoms with Crippen molar-refractivity contribution < 1.29 is 14.3 Å². The van der Waals surface area contributed by atoms with Crippen molar-refractivity contribution in [2.24, 2.45) is 0 Å². The van der Waals surface area contributed by atoms with E-state index in [2.05, 4.69) is 10.3 Å². The Labute approximate surface area is 138 Å². The van der Waals surface area contributed by atoms with Crippen LogP contribution in [0.5, 0.6) is 5.75 Å². The molecule has 0 aliphatic rings. The van der Waals surface area contributed by atoms with Crippen molar-refractivity contribution >= 4 is 5.91 Å². The van der Waals surface area contributed by atoms with E-state index in [1.807, 2.05) is 41.1 Å². The van der Waals surface area contributed by atoms with Gasteiger partial charge in [-0.25, -0.2) is 9.37 Å². The number of benzene rings is 2. The van der Waals surface area contributed by atoms with Gasteiger partial charge in [0.05, 0.1) is 6.54 Å². The van der Waals surface area contributed by atoms with Crippen LogP contribution in [0.25, 0.3) is 0 Å². The van der Waals surface area contributed by atoms with Gasteiger partial charge >= 0.3 is 0 Å². The van der Waals surface area contributed by atoms with Crippen molar-refractivity contribution in [1.82, 2.24) is 14.9 Å². The van der Waals surface area contributed by atoms with Gasteiger partial charge in [-0.1, -0.05) is 36.4 Å². The Morgan fingerprint density at radius 1 is 1.17 bits per heavy atom. The van der Waals surface area contributed by atoms with Crippen molar-refractivity contribution in [3.8, 4) is 5.75 Å². The average Bonchev–Trinajstić information content (AvgIpc) is 3.01. The van der Waals surface area contributed by atoms with Gasteiger partial charge in [0.25, 0.3) is 5.91 Å². The summed E-state index contributed by atoms with van der Waals surface area (Å²) in [6, 6.07) is 13.6. The smallest absolute Gasteiger partial charge is 0.258 e. The van der Waals surface area contributed by atoms with E-state index < -0.39 is 11.7 Å². The van der Waals surface area contributed by atoms with Gasteiger partial charge in [-0.3, -0.25) is 4.79 Å². The molecule has 0 aliphatic heterocycles. The highest BCUT2D eigenvalue weighted by Gasteiger charge is 2.16. The fraction of sp³-hybridized carbons (Fsp3) is 0.111. The fourth-order valence-electron chi connectivity index (χ4n) is 2.42. The van der Waals surface area contributed by atoms with Gasteiger partial charge in [0.2, 0.25) is 0 Å². The third-order valence-electron chi connectivity index (χ3n) is 3.62. The second-order valence-electron chi connectivity index (χ2n) is 5.27. The normalized spacial score (nSPS) is 10.5. The number of aromatic hydroxyl groups is 1. The van der Waals surface area contributed by atoms with Gasteiger partial charge in [-0.2, -0.15) is 0 Å². The van der Waals surface area contributed by atoms with Gasteiger partial charge in [-0.05, 0) is 17.7 Å². The molecule has 3 aromatic rings. The second kappa shape index (κ2) is 6.95. The molecular weight excluding hydrogens is 309 g/mol. The SMILES string of the molecule is O=C(NCc1nccn1Cc1ccccc1)c1c(O)cccc1F. The molecule has 24 heavy (non-hydrogen) atoms. The molecule has 0 fully saturated rings. The number of halogens is 1. The van der Waals surface area contributed by atoms with E-state index in [-0.39, 0.29) is 17.9 Å². The van der Waals surface area contributed by atoms with Gasteiger partial charge in [0, 0.05) is 18.9 Å². The molecule has 6 heteroatoms. The molecule has 1 aromatic heterocycles. The van der Waals surface area contributed by atoms with Crippen LogP contribution < -0.4 is 5.32 Å². The lowest BCUT2D eigenvalue weighted by Crippen LogP contribution is -2.25. The highest BCUT2D eigenvalue weighted by molar-refractivity contribution is 5.96. The number of carbonyl (C=O) groups excluding carboxylic acids is 1. The van der Waals surface area contributed by atoms with Gasteiger partial charge in [0.15, 0.2) is 0 Å². The predicted molar refractivity (Wildman–Crippen MR) is 87.0 cm³/mol. The highest BCUT2D eigenvalue weighted by Crippen LogP contribution is 2.19. The van der Waals surface area contributed by atoms with Crippen molar-refractivity contribution in [2.45, 2.75) is 13.1 Å². The number of amides is 1. The van der Waals surface area contributed by atoms with Crippen LogP contribution in [0.3, 0.4) is 0 Å². The standard InChI is InChI=1S/C18H16FN3O2/c19-14-7-4-8-15(23)17(14)18(24)21-11-16-20-9-10-22(16)12-13-5-2-1-3-6-13/h1-10,23H,11-12H2,(H,21,24). The third kappa shape index (κ3) is 3.43. The van der Waals surface area contributed by atoms with Crippen LogP contribution >= 0.6 is 0 Å². The summed E-state index contributed by atoms with van der Waals surface area (Å²) < 4.78 is 15.6. The lowest BCUT2D eigenvalue weighted by molar-refractivity contribution is 0.0942. The number of imidazole rings is 1. The molecule has 2 N–H and O–H groups in total. The number of rotatable bonds is 5. The molecule has 0 aliphatic carbocycles. The monoisotopic (exact) mass is 325 g/mol. The molecule has 1 amide bonds. The van der Waals surface area contributed by atoms with Crippen LogP contribution in [0.1, 0.15) is 21.7 Å². The minimum absolute atomic E-state index is 0.131. The Morgan fingerprint density at radius 2 is 1.96 bits per heavy atom. The largest absolute Gasteiger partial charge is 0.507 e.